The second-order valence-electron chi connectivity index (χ2n) is 5.43. The number of methoxy groups -OCH3 is 1. The number of nitrogens with zero attached hydrogens (tertiary/aromatic N) is 2. The Morgan fingerprint density at radius 2 is 2.05 bits per heavy atom. The van der Waals surface area contributed by atoms with Gasteiger partial charge in [-0.1, -0.05) is 17.7 Å². The normalized spacial score (nSPS) is 18.2. The Balaban J connectivity index is 1.80. The van der Waals surface area contributed by atoms with Crippen LogP contribution in [-0.4, -0.2) is 41.4 Å². The average molecular weight is 316 g/mol. The van der Waals surface area contributed by atoms with Crippen molar-refractivity contribution in [3.05, 3.63) is 53.9 Å². The topological polar surface area (TPSA) is 34.5 Å². The first kappa shape index (κ1) is 15.2. The molecule has 3 rings (SSSR count). The van der Waals surface area contributed by atoms with E-state index >= 15 is 0 Å². The van der Waals surface area contributed by atoms with E-state index in [-0.39, 0.29) is 11.3 Å². The largest absolute Gasteiger partial charge is 0.383 e. The van der Waals surface area contributed by atoms with Crippen molar-refractivity contribution in [3.8, 4) is 5.69 Å². The number of carbonyl (C=O) groups is 1. The van der Waals surface area contributed by atoms with Crippen LogP contribution >= 0.6 is 11.8 Å². The Labute approximate surface area is 135 Å². The zero-order valence-corrected chi connectivity index (χ0v) is 13.7. The molecular weight excluding hydrogens is 296 g/mol. The van der Waals surface area contributed by atoms with Crippen LogP contribution in [0.15, 0.2) is 42.7 Å². The van der Waals surface area contributed by atoms with Gasteiger partial charge < -0.3 is 14.2 Å². The van der Waals surface area contributed by atoms with Crippen LogP contribution in [0.3, 0.4) is 0 Å². The standard InChI is InChI=1S/C17H20N2O2S/c1-13-3-5-15(6-4-13)18-8-7-14(11-18)17-19(9-10-21-2)16(20)12-22-17/h3-8,11,17H,9-10,12H2,1-2H3/t17-/m0/s1. The lowest BCUT2D eigenvalue weighted by atomic mass is 10.2. The number of rotatable bonds is 5. The maximum atomic E-state index is 12.0. The number of hydrogen-bond acceptors (Lipinski definition) is 3. The van der Waals surface area contributed by atoms with Crippen molar-refractivity contribution in [1.29, 1.82) is 0 Å². The molecule has 0 spiro atoms. The highest BCUT2D eigenvalue weighted by atomic mass is 32.2. The minimum atomic E-state index is 0.0920. The number of carbonyl (C=O) groups excluding carboxylic acids is 1. The molecule has 0 unspecified atom stereocenters. The first-order chi connectivity index (χ1) is 10.7. The second kappa shape index (κ2) is 6.58. The maximum absolute atomic E-state index is 12.0. The van der Waals surface area contributed by atoms with Crippen LogP contribution in [0.4, 0.5) is 0 Å². The van der Waals surface area contributed by atoms with Gasteiger partial charge in [0.05, 0.1) is 12.4 Å². The first-order valence-electron chi connectivity index (χ1n) is 7.34. The van der Waals surface area contributed by atoms with Gasteiger partial charge in [0.25, 0.3) is 0 Å². The molecular formula is C17H20N2O2S. The number of amides is 1. The summed E-state index contributed by atoms with van der Waals surface area (Å²) in [6, 6.07) is 10.5. The summed E-state index contributed by atoms with van der Waals surface area (Å²) in [5, 5.41) is 0.0920. The van der Waals surface area contributed by atoms with Gasteiger partial charge in [-0.2, -0.15) is 0 Å². The van der Waals surface area contributed by atoms with Crippen molar-refractivity contribution < 1.29 is 9.53 Å². The van der Waals surface area contributed by atoms with E-state index in [2.05, 4.69) is 54.2 Å². The molecule has 0 saturated carbocycles. The molecule has 0 radical (unpaired) electrons. The SMILES string of the molecule is COCCN1C(=O)CS[C@H]1c1ccn(-c2ccc(C)cc2)c1. The fourth-order valence-electron chi connectivity index (χ4n) is 2.60. The lowest BCUT2D eigenvalue weighted by molar-refractivity contribution is -0.128. The number of aromatic nitrogens is 1. The summed E-state index contributed by atoms with van der Waals surface area (Å²) in [7, 11) is 1.66. The van der Waals surface area contributed by atoms with Gasteiger partial charge in [0.2, 0.25) is 5.91 Å². The molecule has 2 heterocycles. The third kappa shape index (κ3) is 3.05. The number of ether oxygens (including phenoxy) is 1. The highest BCUT2D eigenvalue weighted by Gasteiger charge is 2.32. The summed E-state index contributed by atoms with van der Waals surface area (Å²) in [4.78, 5) is 13.9. The second-order valence-corrected chi connectivity index (χ2v) is 6.50. The Morgan fingerprint density at radius 1 is 1.27 bits per heavy atom. The lowest BCUT2D eigenvalue weighted by Crippen LogP contribution is -2.31. The van der Waals surface area contributed by atoms with E-state index in [0.717, 1.165) is 11.3 Å². The number of hydrogen-bond donors (Lipinski definition) is 0. The summed E-state index contributed by atoms with van der Waals surface area (Å²) in [6.07, 6.45) is 4.17. The Kier molecular flexibility index (Phi) is 4.55. The maximum Gasteiger partial charge on any atom is 0.233 e. The van der Waals surface area contributed by atoms with Crippen molar-refractivity contribution >= 4 is 17.7 Å². The van der Waals surface area contributed by atoms with Crippen LogP contribution in [0.2, 0.25) is 0 Å². The molecule has 1 saturated heterocycles. The van der Waals surface area contributed by atoms with Crippen molar-refractivity contribution in [1.82, 2.24) is 9.47 Å². The smallest absolute Gasteiger partial charge is 0.233 e. The highest BCUT2D eigenvalue weighted by Crippen LogP contribution is 2.38. The summed E-state index contributed by atoms with van der Waals surface area (Å²) >= 11 is 1.68. The first-order valence-corrected chi connectivity index (χ1v) is 8.39. The predicted molar refractivity (Wildman–Crippen MR) is 89.3 cm³/mol. The fraction of sp³-hybridized carbons (Fsp3) is 0.353. The van der Waals surface area contributed by atoms with E-state index in [0.29, 0.717) is 18.9 Å². The van der Waals surface area contributed by atoms with Crippen molar-refractivity contribution in [3.63, 3.8) is 0 Å². The third-order valence-corrected chi connectivity index (χ3v) is 5.09. The molecule has 1 fully saturated rings. The Morgan fingerprint density at radius 3 is 2.77 bits per heavy atom. The zero-order chi connectivity index (χ0) is 15.5. The monoisotopic (exact) mass is 316 g/mol. The Bertz CT molecular complexity index is 651. The van der Waals surface area contributed by atoms with Gasteiger partial charge in [-0.15, -0.1) is 11.8 Å². The van der Waals surface area contributed by atoms with Crippen molar-refractivity contribution in [2.75, 3.05) is 26.0 Å². The number of aryl methyl sites for hydroxylation is 1. The number of benzene rings is 1. The molecule has 1 aromatic heterocycles. The van der Waals surface area contributed by atoms with Crippen LogP contribution in [0.1, 0.15) is 16.5 Å². The molecule has 0 N–H and O–H groups in total. The van der Waals surface area contributed by atoms with Gasteiger partial charge in [0.15, 0.2) is 0 Å². The number of thioether (sulfide) groups is 1. The van der Waals surface area contributed by atoms with Gasteiger partial charge in [-0.05, 0) is 25.1 Å². The van der Waals surface area contributed by atoms with Crippen LogP contribution in [0.5, 0.6) is 0 Å². The van der Waals surface area contributed by atoms with E-state index < -0.39 is 0 Å². The van der Waals surface area contributed by atoms with Crippen LogP contribution < -0.4 is 0 Å². The lowest BCUT2D eigenvalue weighted by Gasteiger charge is -2.22. The average Bonchev–Trinajstić information content (AvgIpc) is 3.13. The summed E-state index contributed by atoms with van der Waals surface area (Å²) in [5.74, 6) is 0.736. The molecule has 4 nitrogen and oxygen atoms in total. The molecule has 1 amide bonds. The molecule has 0 bridgehead atoms. The van der Waals surface area contributed by atoms with E-state index in [9.17, 15) is 4.79 Å². The third-order valence-electron chi connectivity index (χ3n) is 3.84. The molecule has 5 heteroatoms. The van der Waals surface area contributed by atoms with E-state index in [4.69, 9.17) is 4.74 Å². The molecule has 1 aromatic carbocycles. The van der Waals surface area contributed by atoms with E-state index in [1.807, 2.05) is 4.90 Å². The summed E-state index contributed by atoms with van der Waals surface area (Å²) in [6.45, 7) is 3.30. The summed E-state index contributed by atoms with van der Waals surface area (Å²) in [5.41, 5.74) is 3.54. The minimum absolute atomic E-state index is 0.0920. The van der Waals surface area contributed by atoms with Crippen LogP contribution in [0, 0.1) is 6.92 Å². The molecule has 2 aromatic rings. The van der Waals surface area contributed by atoms with Gasteiger partial charge in [0.1, 0.15) is 5.37 Å². The van der Waals surface area contributed by atoms with Gasteiger partial charge in [-0.25, -0.2) is 0 Å². The zero-order valence-electron chi connectivity index (χ0n) is 12.9. The molecule has 0 aliphatic carbocycles. The van der Waals surface area contributed by atoms with Crippen LogP contribution in [0.25, 0.3) is 5.69 Å². The Hall–Kier alpha value is -1.72. The van der Waals surface area contributed by atoms with Crippen molar-refractivity contribution in [2.45, 2.75) is 12.3 Å². The molecule has 1 atom stereocenters. The molecule has 1 aliphatic rings. The van der Waals surface area contributed by atoms with Gasteiger partial charge >= 0.3 is 0 Å². The van der Waals surface area contributed by atoms with E-state index in [1.165, 1.54) is 5.56 Å². The van der Waals surface area contributed by atoms with Crippen LogP contribution in [-0.2, 0) is 9.53 Å². The summed E-state index contributed by atoms with van der Waals surface area (Å²) < 4.78 is 7.22. The van der Waals surface area contributed by atoms with Crippen molar-refractivity contribution in [2.24, 2.45) is 0 Å². The quantitative estimate of drug-likeness (QED) is 0.850. The molecule has 1 aliphatic heterocycles. The predicted octanol–water partition coefficient (Wildman–Crippen LogP) is 3.01. The molecule has 22 heavy (non-hydrogen) atoms. The van der Waals surface area contributed by atoms with Gasteiger partial charge in [0, 0.05) is 37.3 Å². The van der Waals surface area contributed by atoms with Gasteiger partial charge in [-0.3, -0.25) is 4.79 Å². The van der Waals surface area contributed by atoms with E-state index in [1.54, 1.807) is 18.9 Å². The highest BCUT2D eigenvalue weighted by molar-refractivity contribution is 8.00. The minimum Gasteiger partial charge on any atom is -0.383 e. The fourth-order valence-corrected chi connectivity index (χ4v) is 3.80. The molecule has 116 valence electrons.